The molecule has 1 aliphatic heterocycles. The average molecular weight is 539 g/mol. The number of hydrogen-bond donors (Lipinski definition) is 1. The van der Waals surface area contributed by atoms with Gasteiger partial charge in [-0.2, -0.15) is 0 Å². The average Bonchev–Trinajstić information content (AvgIpc) is 3.13. The number of nitrogens with zero attached hydrogens (tertiary/aromatic N) is 2. The van der Waals surface area contributed by atoms with Crippen LogP contribution < -0.4 is 4.74 Å². The van der Waals surface area contributed by atoms with Crippen LogP contribution in [0.15, 0.2) is 72.3 Å². The minimum absolute atomic E-state index is 0.0134. The number of likely N-dealkylation sites (tertiary alicyclic amines) is 1. The summed E-state index contributed by atoms with van der Waals surface area (Å²) < 4.78 is 5.95. The van der Waals surface area contributed by atoms with E-state index in [-0.39, 0.29) is 11.3 Å². The van der Waals surface area contributed by atoms with Crippen LogP contribution >= 0.6 is 23.2 Å². The van der Waals surface area contributed by atoms with E-state index in [0.717, 1.165) is 11.1 Å². The summed E-state index contributed by atoms with van der Waals surface area (Å²) in [6.07, 6.45) is 0. The van der Waals surface area contributed by atoms with Crippen molar-refractivity contribution >= 4 is 40.7 Å². The Kier molecular flexibility index (Phi) is 8.22. The summed E-state index contributed by atoms with van der Waals surface area (Å²) >= 11 is 12.4. The minimum atomic E-state index is -0.802. The van der Waals surface area contributed by atoms with Crippen molar-refractivity contribution in [3.8, 4) is 5.75 Å². The Morgan fingerprint density at radius 1 is 1.00 bits per heavy atom. The molecule has 1 N–H and O–H groups in total. The van der Waals surface area contributed by atoms with Gasteiger partial charge < -0.3 is 19.6 Å². The molecule has 37 heavy (non-hydrogen) atoms. The van der Waals surface area contributed by atoms with Gasteiger partial charge >= 0.3 is 0 Å². The van der Waals surface area contributed by atoms with E-state index in [2.05, 4.69) is 0 Å². The van der Waals surface area contributed by atoms with Gasteiger partial charge in [0.2, 0.25) is 0 Å². The molecule has 192 valence electrons. The summed E-state index contributed by atoms with van der Waals surface area (Å²) in [5.74, 6) is -0.999. The molecule has 0 saturated carbocycles. The van der Waals surface area contributed by atoms with Gasteiger partial charge in [-0.05, 0) is 68.0 Å². The highest BCUT2D eigenvalue weighted by Crippen LogP contribution is 2.41. The predicted molar refractivity (Wildman–Crippen MR) is 146 cm³/mol. The van der Waals surface area contributed by atoms with Gasteiger partial charge in [-0.1, -0.05) is 59.6 Å². The number of carbonyl (C=O) groups is 2. The van der Waals surface area contributed by atoms with Gasteiger partial charge in [-0.3, -0.25) is 9.59 Å². The van der Waals surface area contributed by atoms with E-state index in [9.17, 15) is 14.7 Å². The highest BCUT2D eigenvalue weighted by atomic mass is 35.5. The first-order valence-electron chi connectivity index (χ1n) is 11.8. The normalized spacial score (nSPS) is 17.0. The number of aliphatic hydroxyl groups excluding tert-OH is 1. The molecule has 0 radical (unpaired) electrons. The van der Waals surface area contributed by atoms with Crippen molar-refractivity contribution in [1.29, 1.82) is 0 Å². The Morgan fingerprint density at radius 2 is 1.73 bits per heavy atom. The third-order valence-electron chi connectivity index (χ3n) is 6.27. The molecule has 4 rings (SSSR count). The number of rotatable bonds is 8. The largest absolute Gasteiger partial charge is 0.507 e. The van der Waals surface area contributed by atoms with Crippen molar-refractivity contribution in [1.82, 2.24) is 9.80 Å². The van der Waals surface area contributed by atoms with Crippen molar-refractivity contribution in [3.63, 3.8) is 0 Å². The summed E-state index contributed by atoms with van der Waals surface area (Å²) in [7, 11) is 3.77. The maximum absolute atomic E-state index is 13.2. The van der Waals surface area contributed by atoms with Gasteiger partial charge in [0.05, 0.1) is 21.7 Å². The third-order valence-corrected chi connectivity index (χ3v) is 7.01. The quantitative estimate of drug-likeness (QED) is 0.221. The van der Waals surface area contributed by atoms with Crippen LogP contribution in [0.1, 0.15) is 28.3 Å². The SMILES string of the molecule is Cc1cc(C(O)=C2C(=O)C(=O)N(CCN(C)C)[C@H]2c2ccc(Cl)c(Cl)c2)ccc1OCc1ccccc1. The first kappa shape index (κ1) is 26.7. The van der Waals surface area contributed by atoms with Crippen LogP contribution in [0.5, 0.6) is 5.75 Å². The highest BCUT2D eigenvalue weighted by Gasteiger charge is 2.46. The van der Waals surface area contributed by atoms with Crippen molar-refractivity contribution in [3.05, 3.63) is 105 Å². The van der Waals surface area contributed by atoms with E-state index >= 15 is 0 Å². The lowest BCUT2D eigenvalue weighted by Crippen LogP contribution is -2.35. The lowest BCUT2D eigenvalue weighted by Gasteiger charge is -2.26. The van der Waals surface area contributed by atoms with Crippen LogP contribution in [0, 0.1) is 6.92 Å². The number of likely N-dealkylation sites (N-methyl/N-ethyl adjacent to an activating group) is 1. The molecular weight excluding hydrogens is 511 g/mol. The molecule has 1 amide bonds. The Hall–Kier alpha value is -3.32. The Balaban J connectivity index is 1.72. The molecule has 0 aliphatic carbocycles. The molecule has 1 saturated heterocycles. The molecule has 6 nitrogen and oxygen atoms in total. The first-order chi connectivity index (χ1) is 17.7. The van der Waals surface area contributed by atoms with Crippen molar-refractivity contribution in [2.45, 2.75) is 19.6 Å². The van der Waals surface area contributed by atoms with Crippen molar-refractivity contribution < 1.29 is 19.4 Å². The van der Waals surface area contributed by atoms with Crippen LogP contribution in [0.25, 0.3) is 5.76 Å². The van der Waals surface area contributed by atoms with Crippen LogP contribution in [0.2, 0.25) is 10.0 Å². The fourth-order valence-corrected chi connectivity index (χ4v) is 4.60. The number of ketones is 1. The number of ether oxygens (including phenoxy) is 1. The third kappa shape index (κ3) is 5.82. The Morgan fingerprint density at radius 3 is 2.38 bits per heavy atom. The second-order valence-electron chi connectivity index (χ2n) is 9.22. The second-order valence-corrected chi connectivity index (χ2v) is 10.0. The molecular formula is C29H28Cl2N2O4. The highest BCUT2D eigenvalue weighted by molar-refractivity contribution is 6.46. The smallest absolute Gasteiger partial charge is 0.295 e. The summed E-state index contributed by atoms with van der Waals surface area (Å²) in [4.78, 5) is 29.7. The zero-order valence-corrected chi connectivity index (χ0v) is 22.4. The van der Waals surface area contributed by atoms with Gasteiger partial charge in [-0.15, -0.1) is 0 Å². The maximum Gasteiger partial charge on any atom is 0.295 e. The number of benzene rings is 3. The van der Waals surface area contributed by atoms with E-state index in [1.165, 1.54) is 4.90 Å². The van der Waals surface area contributed by atoms with Gasteiger partial charge in [0.15, 0.2) is 0 Å². The lowest BCUT2D eigenvalue weighted by molar-refractivity contribution is -0.140. The van der Waals surface area contributed by atoms with Crippen LogP contribution in [0.4, 0.5) is 0 Å². The second kappa shape index (κ2) is 11.4. The lowest BCUT2D eigenvalue weighted by atomic mass is 9.94. The van der Waals surface area contributed by atoms with E-state index < -0.39 is 17.7 Å². The fraction of sp³-hybridized carbons (Fsp3) is 0.241. The number of hydrogen-bond acceptors (Lipinski definition) is 5. The van der Waals surface area contributed by atoms with Gasteiger partial charge in [0.25, 0.3) is 11.7 Å². The van der Waals surface area contributed by atoms with E-state index in [0.29, 0.717) is 46.6 Å². The maximum atomic E-state index is 13.2. The van der Waals surface area contributed by atoms with Crippen LogP contribution in [0.3, 0.4) is 0 Å². The molecule has 0 unspecified atom stereocenters. The molecule has 8 heteroatoms. The molecule has 3 aromatic carbocycles. The summed E-state index contributed by atoms with van der Waals surface area (Å²) in [6.45, 7) is 3.10. The fourth-order valence-electron chi connectivity index (χ4n) is 4.30. The molecule has 1 heterocycles. The molecule has 3 aromatic rings. The number of carbonyl (C=O) groups excluding carboxylic acids is 2. The molecule has 0 aromatic heterocycles. The number of halogens is 2. The van der Waals surface area contributed by atoms with Crippen LogP contribution in [-0.2, 0) is 16.2 Å². The van der Waals surface area contributed by atoms with E-state index in [1.54, 1.807) is 36.4 Å². The van der Waals surface area contributed by atoms with Crippen LogP contribution in [-0.4, -0.2) is 53.8 Å². The first-order valence-corrected chi connectivity index (χ1v) is 12.6. The van der Waals surface area contributed by atoms with E-state index in [4.69, 9.17) is 27.9 Å². The summed E-state index contributed by atoms with van der Waals surface area (Å²) in [5.41, 5.74) is 2.84. The summed E-state index contributed by atoms with van der Waals surface area (Å²) in [6, 6.07) is 19.1. The number of aryl methyl sites for hydroxylation is 1. The molecule has 1 fully saturated rings. The summed E-state index contributed by atoms with van der Waals surface area (Å²) in [5, 5.41) is 12.0. The minimum Gasteiger partial charge on any atom is -0.507 e. The monoisotopic (exact) mass is 538 g/mol. The molecule has 0 bridgehead atoms. The number of aliphatic hydroxyl groups is 1. The Labute approximate surface area is 226 Å². The molecule has 1 aliphatic rings. The zero-order valence-electron chi connectivity index (χ0n) is 20.9. The molecule has 0 spiro atoms. The molecule has 1 atom stereocenters. The van der Waals surface area contributed by atoms with Gasteiger partial charge in [0, 0.05) is 18.7 Å². The zero-order chi connectivity index (χ0) is 26.7. The van der Waals surface area contributed by atoms with Gasteiger partial charge in [0.1, 0.15) is 18.1 Å². The Bertz CT molecular complexity index is 1360. The van der Waals surface area contributed by atoms with Crippen molar-refractivity contribution in [2.24, 2.45) is 0 Å². The van der Waals surface area contributed by atoms with Crippen molar-refractivity contribution in [2.75, 3.05) is 27.2 Å². The van der Waals surface area contributed by atoms with Gasteiger partial charge in [-0.25, -0.2) is 0 Å². The predicted octanol–water partition coefficient (Wildman–Crippen LogP) is 5.86. The number of Topliss-reactive ketones (excluding diaryl/α,β-unsaturated/α-hetero) is 1. The topological polar surface area (TPSA) is 70.1 Å². The standard InChI is InChI=1S/C29H28Cl2N2O4/c1-18-15-21(10-12-24(18)37-17-19-7-5-4-6-8-19)27(34)25-26(20-9-11-22(30)23(31)16-20)33(14-13-32(2)3)29(36)28(25)35/h4-12,15-16,26,34H,13-14,17H2,1-3H3/t26-/m0/s1. The van der Waals surface area contributed by atoms with E-state index in [1.807, 2.05) is 56.3 Å². The number of amides is 1.